The molecule has 0 spiro atoms. The third-order valence-corrected chi connectivity index (χ3v) is 3.69. The van der Waals surface area contributed by atoms with Crippen LogP contribution in [0.5, 0.6) is 11.5 Å². The number of nitrogens with zero attached hydrogens (tertiary/aromatic N) is 1. The molecule has 0 aliphatic carbocycles. The van der Waals surface area contributed by atoms with Gasteiger partial charge in [-0.1, -0.05) is 12.1 Å². The molecule has 2 rings (SSSR count). The molecule has 1 heterocycles. The summed E-state index contributed by atoms with van der Waals surface area (Å²) >= 11 is 0. The highest BCUT2D eigenvalue weighted by molar-refractivity contribution is 5.39. The second-order valence-electron chi connectivity index (χ2n) is 5.72. The SMILES string of the molecule is COc1ccccc1OCCCCN1CC(C)OC(C)C1. The van der Waals surface area contributed by atoms with E-state index in [1.165, 1.54) is 0 Å². The highest BCUT2D eigenvalue weighted by atomic mass is 16.5. The summed E-state index contributed by atoms with van der Waals surface area (Å²) in [6.07, 6.45) is 2.89. The van der Waals surface area contributed by atoms with E-state index in [2.05, 4.69) is 18.7 Å². The van der Waals surface area contributed by atoms with E-state index in [1.54, 1.807) is 7.11 Å². The molecule has 0 bridgehead atoms. The van der Waals surface area contributed by atoms with E-state index in [1.807, 2.05) is 24.3 Å². The summed E-state index contributed by atoms with van der Waals surface area (Å²) in [5, 5.41) is 0. The largest absolute Gasteiger partial charge is 0.493 e. The van der Waals surface area contributed by atoms with Crippen molar-refractivity contribution in [1.29, 1.82) is 0 Å². The number of unbranched alkanes of at least 4 members (excludes halogenated alkanes) is 1. The fourth-order valence-electron chi connectivity index (χ4n) is 2.82. The molecule has 2 atom stereocenters. The summed E-state index contributed by atoms with van der Waals surface area (Å²) in [4.78, 5) is 2.49. The lowest BCUT2D eigenvalue weighted by molar-refractivity contribution is -0.0682. The molecule has 2 unspecified atom stereocenters. The van der Waals surface area contributed by atoms with Gasteiger partial charge in [0.25, 0.3) is 0 Å². The molecule has 0 radical (unpaired) electrons. The Morgan fingerprint density at radius 2 is 1.76 bits per heavy atom. The number of ether oxygens (including phenoxy) is 3. The first kappa shape index (κ1) is 16.1. The minimum absolute atomic E-state index is 0.346. The van der Waals surface area contributed by atoms with Crippen LogP contribution in [0.3, 0.4) is 0 Å². The van der Waals surface area contributed by atoms with Crippen molar-refractivity contribution in [3.05, 3.63) is 24.3 Å². The Hall–Kier alpha value is -1.26. The van der Waals surface area contributed by atoms with Crippen molar-refractivity contribution in [1.82, 2.24) is 4.90 Å². The molecule has 1 saturated heterocycles. The van der Waals surface area contributed by atoms with Crippen molar-refractivity contribution in [2.24, 2.45) is 0 Å². The first-order valence-electron chi connectivity index (χ1n) is 7.82. The van der Waals surface area contributed by atoms with Crippen LogP contribution >= 0.6 is 0 Å². The van der Waals surface area contributed by atoms with Crippen LogP contribution in [0.25, 0.3) is 0 Å². The summed E-state index contributed by atoms with van der Waals surface area (Å²) in [6.45, 7) is 8.22. The van der Waals surface area contributed by atoms with E-state index in [0.717, 1.165) is 50.6 Å². The zero-order chi connectivity index (χ0) is 15.1. The predicted molar refractivity (Wildman–Crippen MR) is 84.2 cm³/mol. The number of methoxy groups -OCH3 is 1. The average Bonchev–Trinajstić information content (AvgIpc) is 2.46. The monoisotopic (exact) mass is 293 g/mol. The highest BCUT2D eigenvalue weighted by Gasteiger charge is 2.21. The average molecular weight is 293 g/mol. The molecule has 4 nitrogen and oxygen atoms in total. The third kappa shape index (κ3) is 5.21. The van der Waals surface area contributed by atoms with Gasteiger partial charge in [-0.3, -0.25) is 4.90 Å². The summed E-state index contributed by atoms with van der Waals surface area (Å²) in [6, 6.07) is 7.79. The molecule has 1 fully saturated rings. The third-order valence-electron chi connectivity index (χ3n) is 3.69. The minimum Gasteiger partial charge on any atom is -0.493 e. The number of hydrogen-bond acceptors (Lipinski definition) is 4. The van der Waals surface area contributed by atoms with Crippen LogP contribution in [0.4, 0.5) is 0 Å². The number of benzene rings is 1. The Labute approximate surface area is 128 Å². The molecule has 1 aromatic rings. The van der Waals surface area contributed by atoms with Gasteiger partial charge in [0.15, 0.2) is 11.5 Å². The number of para-hydroxylation sites is 2. The van der Waals surface area contributed by atoms with Crippen LogP contribution in [-0.2, 0) is 4.74 Å². The van der Waals surface area contributed by atoms with Gasteiger partial charge in [-0.2, -0.15) is 0 Å². The van der Waals surface area contributed by atoms with Crippen LogP contribution < -0.4 is 9.47 Å². The first-order chi connectivity index (χ1) is 10.2. The molecule has 1 aliphatic heterocycles. The van der Waals surface area contributed by atoms with Crippen LogP contribution in [0.15, 0.2) is 24.3 Å². The Morgan fingerprint density at radius 1 is 1.10 bits per heavy atom. The van der Waals surface area contributed by atoms with Gasteiger partial charge in [0.2, 0.25) is 0 Å². The summed E-state index contributed by atoms with van der Waals surface area (Å²) < 4.78 is 16.8. The zero-order valence-corrected chi connectivity index (χ0v) is 13.4. The maximum Gasteiger partial charge on any atom is 0.161 e. The molecule has 0 amide bonds. The standard InChI is InChI=1S/C17H27NO3/c1-14-12-18(13-15(2)21-14)10-6-7-11-20-17-9-5-4-8-16(17)19-3/h4-5,8-9,14-15H,6-7,10-13H2,1-3H3. The van der Waals surface area contributed by atoms with Crippen LogP contribution in [0, 0.1) is 0 Å². The molecule has 0 aromatic heterocycles. The number of hydrogen-bond donors (Lipinski definition) is 0. The van der Waals surface area contributed by atoms with Crippen molar-refractivity contribution in [3.63, 3.8) is 0 Å². The number of rotatable bonds is 7. The predicted octanol–water partition coefficient (Wildman–Crippen LogP) is 2.96. The Morgan fingerprint density at radius 3 is 2.43 bits per heavy atom. The van der Waals surface area contributed by atoms with E-state index in [9.17, 15) is 0 Å². The van der Waals surface area contributed by atoms with Crippen LogP contribution in [0.1, 0.15) is 26.7 Å². The van der Waals surface area contributed by atoms with E-state index >= 15 is 0 Å². The second kappa shape index (κ2) is 8.25. The van der Waals surface area contributed by atoms with Crippen molar-refractivity contribution < 1.29 is 14.2 Å². The molecule has 0 saturated carbocycles. The van der Waals surface area contributed by atoms with Crippen LogP contribution in [0.2, 0.25) is 0 Å². The molecule has 0 N–H and O–H groups in total. The van der Waals surface area contributed by atoms with E-state index < -0.39 is 0 Å². The first-order valence-corrected chi connectivity index (χ1v) is 7.82. The van der Waals surface area contributed by atoms with Gasteiger partial charge >= 0.3 is 0 Å². The molecular formula is C17H27NO3. The van der Waals surface area contributed by atoms with E-state index in [4.69, 9.17) is 14.2 Å². The molecule has 4 heteroatoms. The maximum atomic E-state index is 5.79. The molecule has 21 heavy (non-hydrogen) atoms. The molecule has 118 valence electrons. The normalized spacial score (nSPS) is 23.0. The quantitative estimate of drug-likeness (QED) is 0.723. The Kier molecular flexibility index (Phi) is 6.33. The van der Waals surface area contributed by atoms with Crippen molar-refractivity contribution >= 4 is 0 Å². The Balaban J connectivity index is 1.64. The highest BCUT2D eigenvalue weighted by Crippen LogP contribution is 2.25. The van der Waals surface area contributed by atoms with Gasteiger partial charge in [0.1, 0.15) is 0 Å². The summed E-state index contributed by atoms with van der Waals surface area (Å²) in [5.74, 6) is 1.63. The lowest BCUT2D eigenvalue weighted by Gasteiger charge is -2.35. The topological polar surface area (TPSA) is 30.9 Å². The molecular weight excluding hydrogens is 266 g/mol. The van der Waals surface area contributed by atoms with Gasteiger partial charge in [-0.25, -0.2) is 0 Å². The molecule has 1 aromatic carbocycles. The van der Waals surface area contributed by atoms with Gasteiger partial charge in [-0.05, 0) is 45.4 Å². The number of morpholine rings is 1. The summed E-state index contributed by atoms with van der Waals surface area (Å²) in [7, 11) is 1.67. The zero-order valence-electron chi connectivity index (χ0n) is 13.4. The molecule has 1 aliphatic rings. The second-order valence-corrected chi connectivity index (χ2v) is 5.72. The minimum atomic E-state index is 0.346. The fourth-order valence-corrected chi connectivity index (χ4v) is 2.82. The van der Waals surface area contributed by atoms with Gasteiger partial charge in [0, 0.05) is 13.1 Å². The lowest BCUT2D eigenvalue weighted by atomic mass is 10.2. The smallest absolute Gasteiger partial charge is 0.161 e. The van der Waals surface area contributed by atoms with Gasteiger partial charge in [0.05, 0.1) is 25.9 Å². The summed E-state index contributed by atoms with van der Waals surface area (Å²) in [5.41, 5.74) is 0. The van der Waals surface area contributed by atoms with Crippen molar-refractivity contribution in [3.8, 4) is 11.5 Å². The maximum absolute atomic E-state index is 5.79. The van der Waals surface area contributed by atoms with Crippen molar-refractivity contribution in [2.45, 2.75) is 38.9 Å². The lowest BCUT2D eigenvalue weighted by Crippen LogP contribution is -2.45. The fraction of sp³-hybridized carbons (Fsp3) is 0.647. The van der Waals surface area contributed by atoms with Crippen molar-refractivity contribution in [2.75, 3.05) is 33.4 Å². The van der Waals surface area contributed by atoms with Crippen LogP contribution in [-0.4, -0.2) is 50.5 Å². The van der Waals surface area contributed by atoms with Gasteiger partial charge < -0.3 is 14.2 Å². The van der Waals surface area contributed by atoms with E-state index in [0.29, 0.717) is 12.2 Å². The van der Waals surface area contributed by atoms with E-state index in [-0.39, 0.29) is 0 Å². The Bertz CT molecular complexity index is 414. The van der Waals surface area contributed by atoms with Gasteiger partial charge in [-0.15, -0.1) is 0 Å².